The van der Waals surface area contributed by atoms with Gasteiger partial charge in [-0.2, -0.15) is 0 Å². The first-order chi connectivity index (χ1) is 11.9. The Hall–Kier alpha value is -1.82. The topological polar surface area (TPSA) is 61.8 Å². The van der Waals surface area contributed by atoms with Crippen molar-refractivity contribution < 1.29 is 8.42 Å². The minimum atomic E-state index is -2.84. The molecular weight excluding hydrogens is 334 g/mol. The average molecular weight is 362 g/mol. The van der Waals surface area contributed by atoms with Gasteiger partial charge in [-0.05, 0) is 36.8 Å². The highest BCUT2D eigenvalue weighted by atomic mass is 32.2. The van der Waals surface area contributed by atoms with E-state index in [0.29, 0.717) is 18.8 Å². The summed E-state index contributed by atoms with van der Waals surface area (Å²) >= 11 is 0. The Morgan fingerprint density at radius 1 is 1.36 bits per heavy atom. The molecule has 136 valence electrons. The Labute approximate surface area is 150 Å². The summed E-state index contributed by atoms with van der Waals surface area (Å²) in [5.41, 5.74) is 3.75. The fourth-order valence-electron chi connectivity index (χ4n) is 3.42. The molecule has 25 heavy (non-hydrogen) atoms. The third-order valence-corrected chi connectivity index (χ3v) is 6.64. The van der Waals surface area contributed by atoms with Crippen LogP contribution < -0.4 is 5.32 Å². The minimum absolute atomic E-state index is 0.178. The number of aliphatic imine (C=N–C) groups is 1. The molecule has 0 aromatic heterocycles. The Bertz CT molecular complexity index is 771. The van der Waals surface area contributed by atoms with Crippen molar-refractivity contribution in [2.24, 2.45) is 10.9 Å². The van der Waals surface area contributed by atoms with Crippen molar-refractivity contribution in [3.63, 3.8) is 0 Å². The number of hydrogen-bond acceptors (Lipinski definition) is 3. The lowest BCUT2D eigenvalue weighted by Gasteiger charge is -2.32. The molecule has 1 aromatic rings. The highest BCUT2D eigenvalue weighted by Gasteiger charge is 2.28. The predicted octanol–water partition coefficient (Wildman–Crippen LogP) is 2.00. The van der Waals surface area contributed by atoms with Gasteiger partial charge in [-0.15, -0.1) is 0 Å². The van der Waals surface area contributed by atoms with Crippen LogP contribution in [0.1, 0.15) is 24.5 Å². The average Bonchev–Trinajstić information content (AvgIpc) is 2.93. The van der Waals surface area contributed by atoms with Crippen molar-refractivity contribution in [2.45, 2.75) is 26.3 Å². The second kappa shape index (κ2) is 7.60. The van der Waals surface area contributed by atoms with E-state index in [-0.39, 0.29) is 11.7 Å². The van der Waals surface area contributed by atoms with E-state index in [1.807, 2.05) is 6.92 Å². The second-order valence-corrected chi connectivity index (χ2v) is 9.42. The maximum atomic E-state index is 11.7. The number of sulfone groups is 1. The Kier molecular flexibility index (Phi) is 5.47. The van der Waals surface area contributed by atoms with Gasteiger partial charge in [0, 0.05) is 19.6 Å². The zero-order chi connectivity index (χ0) is 17.9. The summed E-state index contributed by atoms with van der Waals surface area (Å²) in [5.74, 6) is 1.64. The molecule has 2 aliphatic heterocycles. The van der Waals surface area contributed by atoms with Crippen LogP contribution in [0.2, 0.25) is 0 Å². The zero-order valence-corrected chi connectivity index (χ0v) is 15.7. The fraction of sp³-hybridized carbons (Fsp3) is 0.526. The summed E-state index contributed by atoms with van der Waals surface area (Å²) < 4.78 is 23.3. The van der Waals surface area contributed by atoms with Crippen molar-refractivity contribution in [1.82, 2.24) is 10.2 Å². The molecule has 1 aromatic carbocycles. The molecule has 0 spiro atoms. The SMILES string of the molecule is C=C(C)CN=C(NCC1CCS(=O)(=O)C1)N1CCc2ccccc2C1. The van der Waals surface area contributed by atoms with Crippen molar-refractivity contribution in [2.75, 3.05) is 31.1 Å². The Morgan fingerprint density at radius 2 is 2.12 bits per heavy atom. The Morgan fingerprint density at radius 3 is 2.80 bits per heavy atom. The van der Waals surface area contributed by atoms with E-state index in [1.165, 1.54) is 11.1 Å². The van der Waals surface area contributed by atoms with Gasteiger partial charge in [0.05, 0.1) is 18.1 Å². The summed E-state index contributed by atoms with van der Waals surface area (Å²) in [6, 6.07) is 8.52. The largest absolute Gasteiger partial charge is 0.356 e. The fourth-order valence-corrected chi connectivity index (χ4v) is 5.28. The van der Waals surface area contributed by atoms with E-state index in [0.717, 1.165) is 37.5 Å². The van der Waals surface area contributed by atoms with Gasteiger partial charge in [0.2, 0.25) is 0 Å². The highest BCUT2D eigenvalue weighted by Crippen LogP contribution is 2.20. The summed E-state index contributed by atoms with van der Waals surface area (Å²) in [7, 11) is -2.84. The van der Waals surface area contributed by atoms with Gasteiger partial charge in [-0.3, -0.25) is 0 Å². The molecular formula is C19H27N3O2S. The molecule has 0 aliphatic carbocycles. The lowest BCUT2D eigenvalue weighted by molar-refractivity contribution is 0.374. The smallest absolute Gasteiger partial charge is 0.194 e. The number of rotatable bonds is 4. The van der Waals surface area contributed by atoms with E-state index in [4.69, 9.17) is 4.99 Å². The van der Waals surface area contributed by atoms with E-state index >= 15 is 0 Å². The van der Waals surface area contributed by atoms with Crippen LogP contribution in [0.4, 0.5) is 0 Å². The van der Waals surface area contributed by atoms with Crippen molar-refractivity contribution in [3.05, 3.63) is 47.5 Å². The Balaban J connectivity index is 1.68. The third-order valence-electron chi connectivity index (χ3n) is 4.80. The molecule has 1 unspecified atom stereocenters. The van der Waals surface area contributed by atoms with Crippen LogP contribution in [0.25, 0.3) is 0 Å². The van der Waals surface area contributed by atoms with E-state index in [1.54, 1.807) is 0 Å². The van der Waals surface area contributed by atoms with Gasteiger partial charge in [0.15, 0.2) is 15.8 Å². The van der Waals surface area contributed by atoms with Crippen LogP contribution in [-0.4, -0.2) is 50.4 Å². The summed E-state index contributed by atoms with van der Waals surface area (Å²) in [6.07, 6.45) is 1.74. The molecule has 1 saturated heterocycles. The highest BCUT2D eigenvalue weighted by molar-refractivity contribution is 7.91. The predicted molar refractivity (Wildman–Crippen MR) is 102 cm³/mol. The first-order valence-electron chi connectivity index (χ1n) is 8.88. The maximum absolute atomic E-state index is 11.7. The van der Waals surface area contributed by atoms with Crippen LogP contribution in [0, 0.1) is 5.92 Å². The number of benzene rings is 1. The summed E-state index contributed by atoms with van der Waals surface area (Å²) in [4.78, 5) is 6.96. The van der Waals surface area contributed by atoms with Gasteiger partial charge >= 0.3 is 0 Å². The van der Waals surface area contributed by atoms with Crippen LogP contribution in [0.3, 0.4) is 0 Å². The summed E-state index contributed by atoms with van der Waals surface area (Å²) in [6.45, 7) is 8.90. The third kappa shape index (κ3) is 4.84. The maximum Gasteiger partial charge on any atom is 0.194 e. The molecule has 1 fully saturated rings. The minimum Gasteiger partial charge on any atom is -0.356 e. The number of nitrogens with zero attached hydrogens (tertiary/aromatic N) is 2. The first kappa shape index (κ1) is 18.0. The van der Waals surface area contributed by atoms with Crippen LogP contribution >= 0.6 is 0 Å². The van der Waals surface area contributed by atoms with Gasteiger partial charge in [-0.25, -0.2) is 13.4 Å². The molecule has 2 heterocycles. The molecule has 1 N–H and O–H groups in total. The van der Waals surface area contributed by atoms with Crippen LogP contribution in [0.5, 0.6) is 0 Å². The van der Waals surface area contributed by atoms with Gasteiger partial charge < -0.3 is 10.2 Å². The first-order valence-corrected chi connectivity index (χ1v) is 10.7. The monoisotopic (exact) mass is 361 g/mol. The van der Waals surface area contributed by atoms with Gasteiger partial charge in [0.1, 0.15) is 0 Å². The van der Waals surface area contributed by atoms with Crippen molar-refractivity contribution >= 4 is 15.8 Å². The number of guanidine groups is 1. The normalized spacial score (nSPS) is 22.5. The van der Waals surface area contributed by atoms with E-state index in [2.05, 4.69) is 41.1 Å². The molecule has 0 bridgehead atoms. The number of hydrogen-bond donors (Lipinski definition) is 1. The zero-order valence-electron chi connectivity index (χ0n) is 14.9. The lowest BCUT2D eigenvalue weighted by atomic mass is 10.0. The van der Waals surface area contributed by atoms with Gasteiger partial charge in [-0.1, -0.05) is 36.4 Å². The van der Waals surface area contributed by atoms with E-state index in [9.17, 15) is 8.42 Å². The molecule has 0 saturated carbocycles. The molecule has 6 heteroatoms. The number of fused-ring (bicyclic) bond motifs is 1. The second-order valence-electron chi connectivity index (χ2n) is 7.19. The van der Waals surface area contributed by atoms with Crippen molar-refractivity contribution in [3.8, 4) is 0 Å². The standard InChI is InChI=1S/C19H27N3O2S/c1-15(2)11-20-19(21-12-16-8-10-25(23,24)14-16)22-9-7-17-5-3-4-6-18(17)13-22/h3-6,16H,1,7-14H2,2H3,(H,20,21). The van der Waals surface area contributed by atoms with Gasteiger partial charge in [0.25, 0.3) is 0 Å². The molecule has 3 rings (SSSR count). The van der Waals surface area contributed by atoms with E-state index < -0.39 is 9.84 Å². The molecule has 2 aliphatic rings. The molecule has 0 radical (unpaired) electrons. The summed E-state index contributed by atoms with van der Waals surface area (Å²) in [5, 5.41) is 3.43. The lowest BCUT2D eigenvalue weighted by Crippen LogP contribution is -2.45. The number of nitrogens with one attached hydrogen (secondary N) is 1. The molecule has 1 atom stereocenters. The van der Waals surface area contributed by atoms with Crippen LogP contribution in [0.15, 0.2) is 41.4 Å². The molecule has 5 nitrogen and oxygen atoms in total. The molecule has 0 amide bonds. The van der Waals surface area contributed by atoms with Crippen molar-refractivity contribution in [1.29, 1.82) is 0 Å². The quantitative estimate of drug-likeness (QED) is 0.506. The van der Waals surface area contributed by atoms with Crippen LogP contribution in [-0.2, 0) is 22.8 Å².